The summed E-state index contributed by atoms with van der Waals surface area (Å²) >= 11 is 1.34. The number of aromatic nitrogens is 2. The number of H-pyrrole nitrogens is 1. The van der Waals surface area contributed by atoms with Crippen LogP contribution in [0.2, 0.25) is 0 Å². The van der Waals surface area contributed by atoms with Gasteiger partial charge in [-0.2, -0.15) is 0 Å². The largest absolute Gasteiger partial charge is 0.329 e. The van der Waals surface area contributed by atoms with Gasteiger partial charge in [-0.1, -0.05) is 36.9 Å². The molecule has 0 fully saturated rings. The number of thioether (sulfide) groups is 1. The lowest BCUT2D eigenvalue weighted by atomic mass is 10.2. The van der Waals surface area contributed by atoms with Crippen molar-refractivity contribution in [3.05, 3.63) is 68.9 Å². The van der Waals surface area contributed by atoms with Gasteiger partial charge in [0.2, 0.25) is 0 Å². The van der Waals surface area contributed by atoms with E-state index in [1.54, 1.807) is 6.92 Å². The molecule has 20 heavy (non-hydrogen) atoms. The molecular weight excluding hydrogens is 272 g/mol. The van der Waals surface area contributed by atoms with Crippen molar-refractivity contribution in [2.24, 2.45) is 0 Å². The van der Waals surface area contributed by atoms with Gasteiger partial charge in [0.05, 0.1) is 17.1 Å². The number of nitrogens with one attached hydrogen (secondary N) is 1. The predicted molar refractivity (Wildman–Crippen MR) is 83.4 cm³/mol. The third-order valence-corrected chi connectivity index (χ3v) is 3.68. The second-order valence-corrected chi connectivity index (χ2v) is 5.31. The second-order valence-electron chi connectivity index (χ2n) is 4.50. The monoisotopic (exact) mass is 288 g/mol. The number of hydrogen-bond acceptors (Lipinski definition) is 3. The van der Waals surface area contributed by atoms with Crippen molar-refractivity contribution < 1.29 is 0 Å². The summed E-state index contributed by atoms with van der Waals surface area (Å²) in [7, 11) is 0. The van der Waals surface area contributed by atoms with Crippen LogP contribution in [0.4, 0.5) is 0 Å². The van der Waals surface area contributed by atoms with Crippen LogP contribution in [-0.4, -0.2) is 15.8 Å². The molecule has 2 aromatic rings. The Labute approximate surface area is 121 Å². The zero-order valence-corrected chi connectivity index (χ0v) is 12.3. The fourth-order valence-electron chi connectivity index (χ4n) is 1.99. The molecule has 1 heterocycles. The summed E-state index contributed by atoms with van der Waals surface area (Å²) in [5.74, 6) is 0. The van der Waals surface area contributed by atoms with Crippen LogP contribution in [0.15, 0.2) is 51.5 Å². The Bertz CT molecular complexity index is 745. The molecule has 0 radical (unpaired) electrons. The lowest BCUT2D eigenvalue weighted by Crippen LogP contribution is -2.37. The maximum atomic E-state index is 12.5. The zero-order chi connectivity index (χ0) is 14.7. The fraction of sp³-hybridized carbons (Fsp3) is 0.200. The first-order valence-electron chi connectivity index (χ1n) is 6.15. The number of nitrogens with zero attached hydrogens (tertiary/aromatic N) is 1. The van der Waals surface area contributed by atoms with Gasteiger partial charge >= 0.3 is 5.69 Å². The van der Waals surface area contributed by atoms with E-state index in [-0.39, 0.29) is 12.1 Å². The highest BCUT2D eigenvalue weighted by atomic mass is 32.2. The highest BCUT2D eigenvalue weighted by molar-refractivity contribution is 7.98. The Balaban J connectivity index is 2.60. The summed E-state index contributed by atoms with van der Waals surface area (Å²) in [5.41, 5.74) is 1.35. The lowest BCUT2D eigenvalue weighted by molar-refractivity contribution is 0.677. The first-order valence-corrected chi connectivity index (χ1v) is 7.38. The molecule has 0 saturated heterocycles. The van der Waals surface area contributed by atoms with Crippen LogP contribution in [0.25, 0.3) is 5.57 Å². The summed E-state index contributed by atoms with van der Waals surface area (Å²) in [6.45, 7) is 5.84. The van der Waals surface area contributed by atoms with Crippen molar-refractivity contribution in [1.29, 1.82) is 0 Å². The minimum absolute atomic E-state index is 0.254. The van der Waals surface area contributed by atoms with E-state index in [0.29, 0.717) is 16.2 Å². The Morgan fingerprint density at radius 1 is 1.30 bits per heavy atom. The third-order valence-electron chi connectivity index (χ3n) is 2.97. The van der Waals surface area contributed by atoms with Crippen LogP contribution < -0.4 is 11.2 Å². The summed E-state index contributed by atoms with van der Waals surface area (Å²) in [6, 6.07) is 9.42. The first-order chi connectivity index (χ1) is 9.54. The highest BCUT2D eigenvalue weighted by Crippen LogP contribution is 2.18. The summed E-state index contributed by atoms with van der Waals surface area (Å²) in [6.07, 6.45) is 1.82. The van der Waals surface area contributed by atoms with Crippen LogP contribution in [0.5, 0.6) is 0 Å². The molecule has 0 aliphatic heterocycles. The van der Waals surface area contributed by atoms with Gasteiger partial charge in [-0.3, -0.25) is 9.36 Å². The van der Waals surface area contributed by atoms with E-state index in [9.17, 15) is 9.59 Å². The van der Waals surface area contributed by atoms with Crippen molar-refractivity contribution in [3.8, 4) is 0 Å². The smallest absolute Gasteiger partial charge is 0.301 e. The number of rotatable bonds is 4. The highest BCUT2D eigenvalue weighted by Gasteiger charge is 2.14. The molecule has 0 spiro atoms. The van der Waals surface area contributed by atoms with E-state index >= 15 is 0 Å². The van der Waals surface area contributed by atoms with Crippen molar-refractivity contribution in [2.75, 3.05) is 6.26 Å². The number of aromatic amines is 1. The van der Waals surface area contributed by atoms with E-state index in [4.69, 9.17) is 0 Å². The molecule has 1 aromatic carbocycles. The molecule has 4 nitrogen and oxygen atoms in total. The Kier molecular flexibility index (Phi) is 4.29. The van der Waals surface area contributed by atoms with Crippen LogP contribution in [0, 0.1) is 0 Å². The van der Waals surface area contributed by atoms with Crippen molar-refractivity contribution in [1.82, 2.24) is 9.55 Å². The van der Waals surface area contributed by atoms with Gasteiger partial charge in [-0.05, 0) is 24.3 Å². The molecule has 0 atom stereocenters. The van der Waals surface area contributed by atoms with Crippen LogP contribution in [0.1, 0.15) is 18.1 Å². The van der Waals surface area contributed by atoms with E-state index < -0.39 is 5.69 Å². The molecule has 0 aliphatic carbocycles. The van der Waals surface area contributed by atoms with Gasteiger partial charge in [-0.25, -0.2) is 4.79 Å². The standard InChI is InChI=1S/C15H16N2O2S/c1-10(2)12-13(20-3)16-15(19)17(14(12)18)9-11-7-5-4-6-8-11/h4-8H,1,9H2,2-3H3,(H,16,19). The maximum Gasteiger partial charge on any atom is 0.329 e. The fourth-order valence-corrected chi connectivity index (χ4v) is 2.65. The Hall–Kier alpha value is -2.01. The van der Waals surface area contributed by atoms with Gasteiger partial charge < -0.3 is 4.98 Å². The molecule has 2 rings (SSSR count). The molecule has 1 N–H and O–H groups in total. The molecule has 0 bridgehead atoms. The van der Waals surface area contributed by atoms with Crippen LogP contribution in [0.3, 0.4) is 0 Å². The topological polar surface area (TPSA) is 54.9 Å². The molecule has 0 saturated carbocycles. The van der Waals surface area contributed by atoms with Gasteiger partial charge in [0.1, 0.15) is 0 Å². The Morgan fingerprint density at radius 2 is 1.95 bits per heavy atom. The average Bonchev–Trinajstić information content (AvgIpc) is 2.43. The maximum absolute atomic E-state index is 12.5. The summed E-state index contributed by atoms with van der Waals surface area (Å²) < 4.78 is 1.21. The van der Waals surface area contributed by atoms with Crippen LogP contribution in [-0.2, 0) is 6.54 Å². The normalized spacial score (nSPS) is 10.5. The first kappa shape index (κ1) is 14.4. The third kappa shape index (κ3) is 2.77. The predicted octanol–water partition coefficient (Wildman–Crippen LogP) is 2.34. The molecule has 104 valence electrons. The molecule has 5 heteroatoms. The lowest BCUT2D eigenvalue weighted by Gasteiger charge is -2.10. The van der Waals surface area contributed by atoms with E-state index in [2.05, 4.69) is 11.6 Å². The van der Waals surface area contributed by atoms with E-state index in [1.807, 2.05) is 36.6 Å². The number of benzene rings is 1. The van der Waals surface area contributed by atoms with E-state index in [0.717, 1.165) is 5.56 Å². The molecule has 0 amide bonds. The Morgan fingerprint density at radius 3 is 2.50 bits per heavy atom. The van der Waals surface area contributed by atoms with Crippen molar-refractivity contribution >= 4 is 17.3 Å². The molecule has 0 aliphatic rings. The van der Waals surface area contributed by atoms with Gasteiger partial charge in [0, 0.05) is 0 Å². The SMILES string of the molecule is C=C(C)c1c(SC)[nH]c(=O)n(Cc2ccccc2)c1=O. The molecule has 1 aromatic heterocycles. The minimum atomic E-state index is -0.395. The zero-order valence-electron chi connectivity index (χ0n) is 11.5. The molecule has 0 unspecified atom stereocenters. The summed E-state index contributed by atoms with van der Waals surface area (Å²) in [4.78, 5) is 27.3. The second kappa shape index (κ2) is 5.96. The summed E-state index contributed by atoms with van der Waals surface area (Å²) in [5, 5.41) is 0.566. The number of hydrogen-bond donors (Lipinski definition) is 1. The number of allylic oxidation sites excluding steroid dienone is 1. The van der Waals surface area contributed by atoms with Crippen molar-refractivity contribution in [3.63, 3.8) is 0 Å². The van der Waals surface area contributed by atoms with E-state index in [1.165, 1.54) is 16.3 Å². The van der Waals surface area contributed by atoms with Gasteiger partial charge in [0.15, 0.2) is 0 Å². The minimum Gasteiger partial charge on any atom is -0.301 e. The molecular formula is C15H16N2O2S. The van der Waals surface area contributed by atoms with Gasteiger partial charge in [-0.15, -0.1) is 11.8 Å². The average molecular weight is 288 g/mol. The van der Waals surface area contributed by atoms with Crippen molar-refractivity contribution in [2.45, 2.75) is 18.5 Å². The van der Waals surface area contributed by atoms with Crippen LogP contribution >= 0.6 is 11.8 Å². The van der Waals surface area contributed by atoms with Gasteiger partial charge in [0.25, 0.3) is 5.56 Å². The quantitative estimate of drug-likeness (QED) is 0.694.